The van der Waals surface area contributed by atoms with Crippen molar-refractivity contribution in [2.75, 3.05) is 26.2 Å². The van der Waals surface area contributed by atoms with Gasteiger partial charge >= 0.3 is 12.0 Å². The van der Waals surface area contributed by atoms with Crippen molar-refractivity contribution in [2.24, 2.45) is 0 Å². The summed E-state index contributed by atoms with van der Waals surface area (Å²) < 4.78 is 24.1. The Hall–Kier alpha value is -1.44. The number of carboxylic acids is 1. The number of carboxylic acid groups (broad SMARTS) is 1. The molecular weight excluding hydrogens is 284 g/mol. The number of urea groups is 1. The van der Waals surface area contributed by atoms with E-state index in [1.165, 1.54) is 4.90 Å². The predicted octanol–water partition coefficient (Wildman–Crippen LogP) is 0.975. The smallest absolute Gasteiger partial charge is 0.320 e. The van der Waals surface area contributed by atoms with Gasteiger partial charge in [0.05, 0.1) is 6.54 Å². The summed E-state index contributed by atoms with van der Waals surface area (Å²) in [5.74, 6) is -0.787. The Balaban J connectivity index is 1.80. The first kappa shape index (κ1) is 15.9. The fourth-order valence-corrected chi connectivity index (χ4v) is 3.17. The molecule has 1 unspecified atom stereocenters. The van der Waals surface area contributed by atoms with Gasteiger partial charge in [-0.1, -0.05) is 0 Å². The summed E-state index contributed by atoms with van der Waals surface area (Å²) >= 11 is 0. The summed E-state index contributed by atoms with van der Waals surface area (Å²) in [7, 11) is 0. The number of rotatable bonds is 4. The van der Waals surface area contributed by atoms with Crippen LogP contribution in [-0.4, -0.2) is 71.6 Å². The number of aliphatic carboxylic acids is 1. The van der Waals surface area contributed by atoms with Crippen molar-refractivity contribution in [1.82, 2.24) is 15.1 Å². The second-order valence-corrected chi connectivity index (χ2v) is 5.53. The second-order valence-electron chi connectivity index (χ2n) is 5.53. The molecule has 8 heteroatoms. The number of nitrogens with one attached hydrogen (secondary N) is 1. The van der Waals surface area contributed by atoms with Crippen LogP contribution in [0.1, 0.15) is 25.7 Å². The number of likely N-dealkylation sites (tertiary alicyclic amines) is 2. The van der Waals surface area contributed by atoms with Crippen molar-refractivity contribution in [3.05, 3.63) is 0 Å². The maximum Gasteiger partial charge on any atom is 0.320 e. The van der Waals surface area contributed by atoms with E-state index in [4.69, 9.17) is 0 Å². The molecule has 2 N–H and O–H groups in total. The SMILES string of the molecule is O=C(O)C1CCCN1C1CCN(C(=O)NCC(F)F)CC1. The molecule has 0 aromatic rings. The molecule has 2 aliphatic heterocycles. The first-order valence-electron chi connectivity index (χ1n) is 7.28. The van der Waals surface area contributed by atoms with Crippen LogP contribution in [-0.2, 0) is 4.79 Å². The molecule has 0 saturated carbocycles. The molecule has 0 bridgehead atoms. The van der Waals surface area contributed by atoms with Gasteiger partial charge in [-0.25, -0.2) is 13.6 Å². The van der Waals surface area contributed by atoms with Gasteiger partial charge in [0.1, 0.15) is 6.04 Å². The number of piperidine rings is 1. The summed E-state index contributed by atoms with van der Waals surface area (Å²) in [4.78, 5) is 26.4. The lowest BCUT2D eigenvalue weighted by atomic mass is 10.0. The van der Waals surface area contributed by atoms with Crippen LogP contribution >= 0.6 is 0 Å². The minimum atomic E-state index is -2.55. The molecule has 0 radical (unpaired) electrons. The van der Waals surface area contributed by atoms with Crippen LogP contribution in [0, 0.1) is 0 Å². The van der Waals surface area contributed by atoms with Gasteiger partial charge in [0.2, 0.25) is 0 Å². The van der Waals surface area contributed by atoms with Crippen LogP contribution in [0.2, 0.25) is 0 Å². The fraction of sp³-hybridized carbons (Fsp3) is 0.846. The molecule has 0 aromatic carbocycles. The maximum absolute atomic E-state index is 12.1. The second kappa shape index (κ2) is 7.02. The number of amides is 2. The standard InChI is InChI=1S/C13H21F2N3O3/c14-11(15)8-16-13(21)17-6-3-9(4-7-17)18-5-1-2-10(18)12(19)20/h9-11H,1-8H2,(H,16,21)(H,19,20). The minimum Gasteiger partial charge on any atom is -0.480 e. The molecule has 2 aliphatic rings. The largest absolute Gasteiger partial charge is 0.480 e. The molecule has 2 fully saturated rings. The van der Waals surface area contributed by atoms with Gasteiger partial charge in [0.15, 0.2) is 0 Å². The molecule has 0 aliphatic carbocycles. The Morgan fingerprint density at radius 1 is 1.19 bits per heavy atom. The van der Waals surface area contributed by atoms with Crippen LogP contribution in [0.25, 0.3) is 0 Å². The van der Waals surface area contributed by atoms with E-state index >= 15 is 0 Å². The Kier molecular flexibility index (Phi) is 5.33. The Labute approximate surface area is 122 Å². The number of carbonyl (C=O) groups is 2. The lowest BCUT2D eigenvalue weighted by molar-refractivity contribution is -0.143. The Morgan fingerprint density at radius 2 is 1.86 bits per heavy atom. The predicted molar refractivity (Wildman–Crippen MR) is 71.4 cm³/mol. The molecule has 6 nitrogen and oxygen atoms in total. The van der Waals surface area contributed by atoms with Gasteiger partial charge in [-0.05, 0) is 32.2 Å². The highest BCUT2D eigenvalue weighted by atomic mass is 19.3. The van der Waals surface area contributed by atoms with Gasteiger partial charge in [-0.3, -0.25) is 9.69 Å². The van der Waals surface area contributed by atoms with E-state index < -0.39 is 31.0 Å². The number of hydrogen-bond acceptors (Lipinski definition) is 3. The summed E-state index contributed by atoms with van der Waals surface area (Å²) in [5, 5.41) is 11.4. The molecule has 2 saturated heterocycles. The quantitative estimate of drug-likeness (QED) is 0.812. The zero-order valence-electron chi connectivity index (χ0n) is 11.8. The van der Waals surface area contributed by atoms with Crippen molar-refractivity contribution < 1.29 is 23.5 Å². The first-order chi connectivity index (χ1) is 9.99. The number of nitrogens with zero attached hydrogens (tertiary/aromatic N) is 2. The van der Waals surface area contributed by atoms with Crippen LogP contribution in [0.3, 0.4) is 0 Å². The molecular formula is C13H21F2N3O3. The maximum atomic E-state index is 12.1. The van der Waals surface area contributed by atoms with E-state index in [2.05, 4.69) is 5.32 Å². The third kappa shape index (κ3) is 4.03. The van der Waals surface area contributed by atoms with Gasteiger partial charge in [-0.2, -0.15) is 0 Å². The lowest BCUT2D eigenvalue weighted by Gasteiger charge is -2.38. The fourth-order valence-electron chi connectivity index (χ4n) is 3.17. The average molecular weight is 305 g/mol. The molecule has 120 valence electrons. The monoisotopic (exact) mass is 305 g/mol. The minimum absolute atomic E-state index is 0.160. The van der Waals surface area contributed by atoms with E-state index in [-0.39, 0.29) is 6.04 Å². The van der Waals surface area contributed by atoms with Crippen molar-refractivity contribution in [3.63, 3.8) is 0 Å². The normalized spacial score (nSPS) is 24.5. The van der Waals surface area contributed by atoms with Crippen LogP contribution in [0.15, 0.2) is 0 Å². The van der Waals surface area contributed by atoms with Crippen LogP contribution in [0.4, 0.5) is 13.6 Å². The van der Waals surface area contributed by atoms with Crippen LogP contribution in [0.5, 0.6) is 0 Å². The molecule has 1 atom stereocenters. The summed E-state index contributed by atoms with van der Waals surface area (Å²) in [6.45, 7) is 1.09. The number of halogens is 2. The summed E-state index contributed by atoms with van der Waals surface area (Å²) in [6, 6.07) is -0.730. The van der Waals surface area contributed by atoms with Gasteiger partial charge in [0, 0.05) is 19.1 Å². The van der Waals surface area contributed by atoms with E-state index in [0.717, 1.165) is 13.0 Å². The molecule has 2 heterocycles. The van der Waals surface area contributed by atoms with E-state index in [1.54, 1.807) is 0 Å². The highest BCUT2D eigenvalue weighted by Gasteiger charge is 2.37. The van der Waals surface area contributed by atoms with Crippen molar-refractivity contribution >= 4 is 12.0 Å². The zero-order chi connectivity index (χ0) is 15.4. The number of carbonyl (C=O) groups excluding carboxylic acids is 1. The van der Waals surface area contributed by atoms with E-state index in [1.807, 2.05) is 4.90 Å². The van der Waals surface area contributed by atoms with Crippen molar-refractivity contribution in [1.29, 1.82) is 0 Å². The van der Waals surface area contributed by atoms with Gasteiger partial charge in [-0.15, -0.1) is 0 Å². The lowest BCUT2D eigenvalue weighted by Crippen LogP contribution is -2.52. The molecule has 21 heavy (non-hydrogen) atoms. The average Bonchev–Trinajstić information content (AvgIpc) is 2.94. The van der Waals surface area contributed by atoms with Gasteiger partial charge < -0.3 is 15.3 Å². The summed E-state index contributed by atoms with van der Waals surface area (Å²) in [5.41, 5.74) is 0. The van der Waals surface area contributed by atoms with E-state index in [9.17, 15) is 23.5 Å². The van der Waals surface area contributed by atoms with Crippen molar-refractivity contribution in [2.45, 2.75) is 44.2 Å². The summed E-state index contributed by atoms with van der Waals surface area (Å²) in [6.07, 6.45) is 0.376. The Morgan fingerprint density at radius 3 is 2.43 bits per heavy atom. The van der Waals surface area contributed by atoms with E-state index in [0.29, 0.717) is 32.4 Å². The zero-order valence-corrected chi connectivity index (χ0v) is 11.8. The number of hydrogen-bond donors (Lipinski definition) is 2. The molecule has 0 aromatic heterocycles. The topological polar surface area (TPSA) is 72.9 Å². The highest BCUT2D eigenvalue weighted by molar-refractivity contribution is 5.74. The molecule has 2 rings (SSSR count). The number of alkyl halides is 2. The third-order valence-electron chi connectivity index (χ3n) is 4.21. The van der Waals surface area contributed by atoms with Crippen LogP contribution < -0.4 is 5.32 Å². The molecule has 2 amide bonds. The van der Waals surface area contributed by atoms with Gasteiger partial charge in [0.25, 0.3) is 6.43 Å². The third-order valence-corrected chi connectivity index (χ3v) is 4.21. The highest BCUT2D eigenvalue weighted by Crippen LogP contribution is 2.26. The first-order valence-corrected chi connectivity index (χ1v) is 7.28. The Bertz CT molecular complexity index is 387. The molecule has 0 spiro atoms. The van der Waals surface area contributed by atoms with Crippen molar-refractivity contribution in [3.8, 4) is 0 Å².